The van der Waals surface area contributed by atoms with Gasteiger partial charge in [0.05, 0.1) is 31.5 Å². The summed E-state index contributed by atoms with van der Waals surface area (Å²) in [7, 11) is 3.66. The number of amides is 1. The number of methoxy groups -OCH3 is 1. The van der Waals surface area contributed by atoms with Crippen LogP contribution in [0.25, 0.3) is 10.8 Å². The average Bonchev–Trinajstić information content (AvgIpc) is 2.92. The van der Waals surface area contributed by atoms with Crippen LogP contribution in [0, 0.1) is 0 Å². The minimum Gasteiger partial charge on any atom is -0.464 e. The first-order chi connectivity index (χ1) is 18.0. The number of aromatic nitrogens is 2. The van der Waals surface area contributed by atoms with E-state index in [1.54, 1.807) is 12.0 Å². The quantitative estimate of drug-likeness (QED) is 0.365. The number of rotatable bonds is 11. The molecule has 3 aromatic rings. The van der Waals surface area contributed by atoms with Crippen molar-refractivity contribution in [2.45, 2.75) is 32.9 Å². The van der Waals surface area contributed by atoms with Gasteiger partial charge in [0, 0.05) is 50.4 Å². The smallest absolute Gasteiger partial charge is 0.318 e. The SMILES string of the molecule is C=CC(=O)N(CC)C(COC)CN(C)c1nc(OCC)nc2c1CCN(c1cccc3ccccc13)C2. The Balaban J connectivity index is 1.66. The van der Waals surface area contributed by atoms with E-state index in [9.17, 15) is 4.79 Å². The molecule has 2 heterocycles. The van der Waals surface area contributed by atoms with Crippen molar-refractivity contribution in [2.75, 3.05) is 56.8 Å². The van der Waals surface area contributed by atoms with Gasteiger partial charge in [0.2, 0.25) is 5.91 Å². The predicted octanol–water partition coefficient (Wildman–Crippen LogP) is 4.08. The standard InChI is InChI=1S/C29H37N5O3/c1-6-27(35)34(7-2)22(20-36-5)18-32(4)28-24-16-17-33(19-25(24)30-29(31-28)37-8-3)26-15-11-13-21-12-9-10-14-23(21)26/h6,9-15,22H,1,7-8,16-20H2,2-5H3. The van der Waals surface area contributed by atoms with E-state index in [2.05, 4.69) is 58.8 Å². The Bertz CT molecular complexity index is 1240. The molecular weight excluding hydrogens is 466 g/mol. The summed E-state index contributed by atoms with van der Waals surface area (Å²) in [5.74, 6) is 0.734. The van der Waals surface area contributed by atoms with Crippen molar-refractivity contribution in [1.29, 1.82) is 0 Å². The monoisotopic (exact) mass is 503 g/mol. The number of ether oxygens (including phenoxy) is 2. The van der Waals surface area contributed by atoms with Gasteiger partial charge in [-0.2, -0.15) is 9.97 Å². The van der Waals surface area contributed by atoms with E-state index in [1.165, 1.54) is 22.5 Å². The summed E-state index contributed by atoms with van der Waals surface area (Å²) in [5, 5.41) is 2.46. The van der Waals surface area contributed by atoms with Crippen LogP contribution in [-0.4, -0.2) is 73.8 Å². The molecular formula is C29H37N5O3. The second-order valence-corrected chi connectivity index (χ2v) is 9.18. The van der Waals surface area contributed by atoms with Crippen LogP contribution >= 0.6 is 0 Å². The third-order valence-corrected chi connectivity index (χ3v) is 6.85. The second kappa shape index (κ2) is 12.1. The van der Waals surface area contributed by atoms with Crippen molar-refractivity contribution < 1.29 is 14.3 Å². The Morgan fingerprint density at radius 2 is 1.97 bits per heavy atom. The summed E-state index contributed by atoms with van der Waals surface area (Å²) in [5.41, 5.74) is 3.30. The second-order valence-electron chi connectivity index (χ2n) is 9.18. The van der Waals surface area contributed by atoms with Crippen LogP contribution in [0.3, 0.4) is 0 Å². The van der Waals surface area contributed by atoms with Gasteiger partial charge in [-0.25, -0.2) is 0 Å². The van der Waals surface area contributed by atoms with Crippen LogP contribution in [0.2, 0.25) is 0 Å². The lowest BCUT2D eigenvalue weighted by molar-refractivity contribution is -0.128. The average molecular weight is 504 g/mol. The largest absolute Gasteiger partial charge is 0.464 e. The molecule has 8 heteroatoms. The highest BCUT2D eigenvalue weighted by Gasteiger charge is 2.28. The van der Waals surface area contributed by atoms with Crippen molar-refractivity contribution >= 4 is 28.2 Å². The van der Waals surface area contributed by atoms with Gasteiger partial charge in [0.1, 0.15) is 5.82 Å². The first kappa shape index (κ1) is 26.4. The Kier molecular flexibility index (Phi) is 8.61. The number of hydrogen-bond acceptors (Lipinski definition) is 7. The molecule has 8 nitrogen and oxygen atoms in total. The van der Waals surface area contributed by atoms with Crippen LogP contribution < -0.4 is 14.5 Å². The highest BCUT2D eigenvalue weighted by atomic mass is 16.5. The fraction of sp³-hybridized carbons (Fsp3) is 0.414. The molecule has 0 aliphatic carbocycles. The molecule has 0 saturated heterocycles. The van der Waals surface area contributed by atoms with Gasteiger partial charge < -0.3 is 24.2 Å². The first-order valence-electron chi connectivity index (χ1n) is 12.9. The first-order valence-corrected chi connectivity index (χ1v) is 12.9. The predicted molar refractivity (Wildman–Crippen MR) is 148 cm³/mol. The maximum absolute atomic E-state index is 12.5. The maximum atomic E-state index is 12.5. The number of carbonyl (C=O) groups excluding carboxylic acids is 1. The maximum Gasteiger partial charge on any atom is 0.318 e. The number of nitrogens with zero attached hydrogens (tertiary/aromatic N) is 5. The highest BCUT2D eigenvalue weighted by molar-refractivity contribution is 5.94. The van der Waals surface area contributed by atoms with Crippen molar-refractivity contribution in [3.8, 4) is 6.01 Å². The minimum absolute atomic E-state index is 0.108. The third kappa shape index (κ3) is 5.69. The summed E-state index contributed by atoms with van der Waals surface area (Å²) < 4.78 is 11.3. The van der Waals surface area contributed by atoms with Crippen molar-refractivity contribution in [3.63, 3.8) is 0 Å². The molecule has 0 fully saturated rings. The van der Waals surface area contributed by atoms with E-state index in [4.69, 9.17) is 19.4 Å². The summed E-state index contributed by atoms with van der Waals surface area (Å²) in [6.07, 6.45) is 2.16. The molecule has 1 atom stereocenters. The fourth-order valence-corrected chi connectivity index (χ4v) is 5.14. The zero-order valence-corrected chi connectivity index (χ0v) is 22.3. The number of benzene rings is 2. The summed E-state index contributed by atoms with van der Waals surface area (Å²) in [6.45, 7) is 11.1. The summed E-state index contributed by atoms with van der Waals surface area (Å²) in [4.78, 5) is 28.4. The van der Waals surface area contributed by atoms with Crippen LogP contribution in [0.5, 0.6) is 6.01 Å². The van der Waals surface area contributed by atoms with Gasteiger partial charge in [-0.3, -0.25) is 4.79 Å². The summed E-state index contributed by atoms with van der Waals surface area (Å²) in [6, 6.07) is 15.1. The van der Waals surface area contributed by atoms with Crippen LogP contribution in [0.1, 0.15) is 25.1 Å². The number of likely N-dealkylation sites (N-methyl/N-ethyl adjacent to an activating group) is 2. The van der Waals surface area contributed by atoms with E-state index in [0.717, 1.165) is 30.0 Å². The molecule has 4 rings (SSSR count). The van der Waals surface area contributed by atoms with Gasteiger partial charge in [-0.1, -0.05) is 43.0 Å². The molecule has 0 spiro atoms. The zero-order chi connectivity index (χ0) is 26.4. The molecule has 2 aromatic carbocycles. The summed E-state index contributed by atoms with van der Waals surface area (Å²) >= 11 is 0. The number of hydrogen-bond donors (Lipinski definition) is 0. The molecule has 1 unspecified atom stereocenters. The topological polar surface area (TPSA) is 71.0 Å². The lowest BCUT2D eigenvalue weighted by Crippen LogP contribution is -2.48. The van der Waals surface area contributed by atoms with Crippen LogP contribution in [-0.2, 0) is 22.5 Å². The van der Waals surface area contributed by atoms with E-state index >= 15 is 0 Å². The number of fused-ring (bicyclic) bond motifs is 2. The third-order valence-electron chi connectivity index (χ3n) is 6.85. The molecule has 0 bridgehead atoms. The molecule has 1 aromatic heterocycles. The lowest BCUT2D eigenvalue weighted by atomic mass is 10.0. The van der Waals surface area contributed by atoms with Gasteiger partial charge >= 0.3 is 6.01 Å². The lowest BCUT2D eigenvalue weighted by Gasteiger charge is -2.36. The molecule has 1 amide bonds. The van der Waals surface area contributed by atoms with E-state index in [0.29, 0.717) is 38.9 Å². The van der Waals surface area contributed by atoms with Crippen LogP contribution in [0.4, 0.5) is 11.5 Å². The molecule has 196 valence electrons. The Morgan fingerprint density at radius 3 is 2.70 bits per heavy atom. The molecule has 0 N–H and O–H groups in total. The molecule has 1 aliphatic rings. The van der Waals surface area contributed by atoms with Crippen LogP contribution in [0.15, 0.2) is 55.1 Å². The van der Waals surface area contributed by atoms with E-state index in [1.807, 2.05) is 20.9 Å². The van der Waals surface area contributed by atoms with Gasteiger partial charge in [0.25, 0.3) is 0 Å². The van der Waals surface area contributed by atoms with Gasteiger partial charge in [-0.15, -0.1) is 0 Å². The number of carbonyl (C=O) groups is 1. The highest BCUT2D eigenvalue weighted by Crippen LogP contribution is 2.33. The Morgan fingerprint density at radius 1 is 1.19 bits per heavy atom. The Hall–Kier alpha value is -3.65. The molecule has 0 radical (unpaired) electrons. The zero-order valence-electron chi connectivity index (χ0n) is 22.3. The van der Waals surface area contributed by atoms with E-state index in [-0.39, 0.29) is 11.9 Å². The Labute approximate surface area is 219 Å². The molecule has 0 saturated carbocycles. The number of anilines is 2. The fourth-order valence-electron chi connectivity index (χ4n) is 5.14. The molecule has 1 aliphatic heterocycles. The van der Waals surface area contributed by atoms with Crippen molar-refractivity contribution in [1.82, 2.24) is 14.9 Å². The molecule has 37 heavy (non-hydrogen) atoms. The van der Waals surface area contributed by atoms with Crippen molar-refractivity contribution in [2.24, 2.45) is 0 Å². The van der Waals surface area contributed by atoms with Gasteiger partial charge in [-0.05, 0) is 37.8 Å². The van der Waals surface area contributed by atoms with E-state index < -0.39 is 0 Å². The minimum atomic E-state index is -0.151. The normalized spacial score (nSPS) is 13.7. The van der Waals surface area contributed by atoms with Gasteiger partial charge in [0.15, 0.2) is 0 Å². The van der Waals surface area contributed by atoms with Crippen molar-refractivity contribution in [3.05, 3.63) is 66.4 Å².